The molecule has 0 unspecified atom stereocenters. The number of rotatable bonds is 13. The number of ketones is 1. The van der Waals surface area contributed by atoms with E-state index in [0.717, 1.165) is 17.2 Å². The Morgan fingerprint density at radius 2 is 1.28 bits per heavy atom. The van der Waals surface area contributed by atoms with E-state index < -0.39 is 0 Å². The minimum atomic E-state index is -0.358. The predicted octanol–water partition coefficient (Wildman–Crippen LogP) is 1.31. The van der Waals surface area contributed by atoms with Crippen LogP contribution in [0.1, 0.15) is 11.1 Å². The monoisotopic (exact) mass is 553 g/mol. The summed E-state index contributed by atoms with van der Waals surface area (Å²) in [7, 11) is 3.11. The quantitative estimate of drug-likeness (QED) is 0.111. The summed E-state index contributed by atoms with van der Waals surface area (Å²) in [6, 6.07) is 10.7. The number of ether oxygens (including phenoxy) is 4. The van der Waals surface area contributed by atoms with Crippen molar-refractivity contribution in [1.29, 1.82) is 0 Å². The zero-order valence-corrected chi connectivity index (χ0v) is 24.3. The van der Waals surface area contributed by atoms with E-state index in [-0.39, 0.29) is 43.9 Å². The molecule has 0 spiro atoms. The molecule has 0 aliphatic rings. The zero-order chi connectivity index (χ0) is 24.1. The van der Waals surface area contributed by atoms with E-state index in [9.17, 15) is 9.90 Å². The fraction of sp³-hybridized carbons (Fsp3) is 0.231. The van der Waals surface area contributed by atoms with E-state index in [1.807, 2.05) is 12.1 Å². The van der Waals surface area contributed by atoms with Gasteiger partial charge in [0.25, 0.3) is 0 Å². The zero-order valence-electron chi connectivity index (χ0n) is 21.3. The number of carbonyl (C=O) groups is 1. The molecule has 9 N–H and O–H groups in total. The molecular weight excluding hydrogens is 518 g/mol. The van der Waals surface area contributed by atoms with Crippen molar-refractivity contribution in [2.75, 3.05) is 40.5 Å². The average Bonchev–Trinajstić information content (AvgIpc) is 2.83. The van der Waals surface area contributed by atoms with Gasteiger partial charge in [0, 0.05) is 25.6 Å². The van der Waals surface area contributed by atoms with Crippen LogP contribution in [0.5, 0.6) is 23.0 Å². The van der Waals surface area contributed by atoms with E-state index in [1.54, 1.807) is 50.6 Å². The third-order valence-corrected chi connectivity index (χ3v) is 4.36. The maximum absolute atomic E-state index is 12.2. The van der Waals surface area contributed by atoms with Gasteiger partial charge in [-0.05, 0) is 47.5 Å². The molecular formula is C26H37N2O7Zn+. The van der Waals surface area contributed by atoms with Crippen molar-refractivity contribution in [2.24, 2.45) is 0 Å². The summed E-state index contributed by atoms with van der Waals surface area (Å²) in [5.41, 5.74) is 9.03. The second-order valence-electron chi connectivity index (χ2n) is 6.86. The molecule has 0 bridgehead atoms. The van der Waals surface area contributed by atoms with Gasteiger partial charge in [0.15, 0.2) is 28.8 Å². The summed E-state index contributed by atoms with van der Waals surface area (Å²) in [6.45, 7) is 2.28. The molecule has 2 rings (SSSR count). The van der Waals surface area contributed by atoms with Crippen LogP contribution in [-0.4, -0.2) is 56.9 Å². The maximum atomic E-state index is 12.2. The van der Waals surface area contributed by atoms with Crippen LogP contribution >= 0.6 is 0 Å². The van der Waals surface area contributed by atoms with Gasteiger partial charge in [-0.2, -0.15) is 0 Å². The number of carbonyl (C=O) groups excluding carboxylic acids is 1. The van der Waals surface area contributed by atoms with Crippen LogP contribution in [0, 0.1) is 7.43 Å². The molecule has 9 nitrogen and oxygen atoms in total. The number of hydrogen-bond acceptors (Lipinski definition) is 6. The Labute approximate surface area is 225 Å². The first-order valence-corrected chi connectivity index (χ1v) is 10.5. The number of hydrogen-bond donors (Lipinski definition) is 3. The van der Waals surface area contributed by atoms with E-state index in [4.69, 9.17) is 18.9 Å². The number of benzene rings is 2. The van der Waals surface area contributed by atoms with Gasteiger partial charge in [-0.25, -0.2) is 0 Å². The fourth-order valence-electron chi connectivity index (χ4n) is 2.78. The third kappa shape index (κ3) is 11.5. The molecule has 0 saturated heterocycles. The second kappa shape index (κ2) is 19.1. The summed E-state index contributed by atoms with van der Waals surface area (Å²) in [5.74, 6) is 1.85. The number of methoxy groups -OCH3 is 2. The number of quaternary nitrogens is 2. The molecule has 10 heteroatoms. The Kier molecular flexibility index (Phi) is 18.5. The Morgan fingerprint density at radius 3 is 1.69 bits per heavy atom. The van der Waals surface area contributed by atoms with Crippen LogP contribution in [-0.2, 0) is 24.3 Å². The first kappa shape index (κ1) is 35.0. The van der Waals surface area contributed by atoms with Crippen molar-refractivity contribution < 1.29 is 65.3 Å². The van der Waals surface area contributed by atoms with Gasteiger partial charge < -0.3 is 48.4 Å². The summed E-state index contributed by atoms with van der Waals surface area (Å²) in [6.07, 6.45) is 7.26. The first-order valence-electron chi connectivity index (χ1n) is 10.5. The molecule has 0 aliphatic heterocycles. The van der Waals surface area contributed by atoms with Gasteiger partial charge >= 0.3 is 0 Å². The number of allylic oxidation sites excluding steroid dienone is 3. The Bertz CT molecular complexity index is 1020. The van der Waals surface area contributed by atoms with Crippen LogP contribution in [0.3, 0.4) is 0 Å². The average molecular weight is 555 g/mol. The van der Waals surface area contributed by atoms with Crippen LogP contribution in [0.25, 0.3) is 12.2 Å². The molecule has 194 valence electrons. The molecule has 36 heavy (non-hydrogen) atoms. The fourth-order valence-corrected chi connectivity index (χ4v) is 2.78. The van der Waals surface area contributed by atoms with Gasteiger partial charge in [-0.15, -0.1) is 0 Å². The predicted molar refractivity (Wildman–Crippen MR) is 136 cm³/mol. The Balaban J connectivity index is 0. The van der Waals surface area contributed by atoms with E-state index in [0.29, 0.717) is 49.3 Å². The van der Waals surface area contributed by atoms with Gasteiger partial charge in [0.1, 0.15) is 32.1 Å². The molecule has 0 aliphatic carbocycles. The van der Waals surface area contributed by atoms with E-state index in [1.165, 1.54) is 12.2 Å². The summed E-state index contributed by atoms with van der Waals surface area (Å²) >= 11 is 0. The van der Waals surface area contributed by atoms with Crippen LogP contribution in [0.4, 0.5) is 0 Å². The Morgan fingerprint density at radius 1 is 0.833 bits per heavy atom. The minimum absolute atomic E-state index is 0. The molecule has 2 aromatic carbocycles. The molecule has 0 fully saturated rings. The number of aliphatic hydroxyl groups excluding tert-OH is 1. The second-order valence-corrected chi connectivity index (χ2v) is 6.86. The van der Waals surface area contributed by atoms with Gasteiger partial charge in [0.2, 0.25) is 0 Å². The largest absolute Gasteiger partial charge is 0.508 e. The molecule has 0 heterocycles. The summed E-state index contributed by atoms with van der Waals surface area (Å²) < 4.78 is 21.8. The van der Waals surface area contributed by atoms with Gasteiger partial charge in [0.05, 0.1) is 14.2 Å². The molecule has 0 radical (unpaired) electrons. The van der Waals surface area contributed by atoms with Gasteiger partial charge in [-0.3, -0.25) is 4.79 Å². The normalized spacial score (nSPS) is 10.7. The van der Waals surface area contributed by atoms with Crippen molar-refractivity contribution in [3.05, 3.63) is 78.9 Å². The van der Waals surface area contributed by atoms with Crippen molar-refractivity contribution in [1.82, 2.24) is 0 Å². The van der Waals surface area contributed by atoms with Crippen molar-refractivity contribution in [3.63, 3.8) is 0 Å². The third-order valence-electron chi connectivity index (χ3n) is 4.36. The molecule has 0 aromatic heterocycles. The summed E-state index contributed by atoms with van der Waals surface area (Å²) in [4.78, 5) is 12.2. The minimum Gasteiger partial charge on any atom is -0.508 e. The van der Waals surface area contributed by atoms with Crippen molar-refractivity contribution >= 4 is 17.9 Å². The van der Waals surface area contributed by atoms with Crippen molar-refractivity contribution in [2.45, 2.75) is 0 Å². The standard InChI is InChI=1S/C25H30N2O6.CH3.H2O.Zn/c1-30-24-15-18(5-9-22(24)32-13-11-26)3-7-20(28)17-21(29)8-4-19-6-10-23(33-14-12-27)25(16-19)31-2;;;/h3-10,15-17,28H,11-14,26-27H2,1-2H3;1H3;1H2;/q;-1;;/p+2/b7-3+,8-4+,20-17-;;;. The Hall–Kier alpha value is -3.17. The van der Waals surface area contributed by atoms with E-state index >= 15 is 0 Å². The van der Waals surface area contributed by atoms with Crippen LogP contribution in [0.15, 0.2) is 60.4 Å². The molecule has 0 saturated carbocycles. The topological polar surface area (TPSA) is 161 Å². The SMILES string of the molecule is COc1cc(/C=C/C(=O)/C=C(O)/C=C/c2ccc(OCC[NH3+])c(OC)c2)ccc1OCC[NH3+].O.[CH3-].[Zn]. The van der Waals surface area contributed by atoms with Crippen LogP contribution < -0.4 is 30.4 Å². The van der Waals surface area contributed by atoms with Crippen molar-refractivity contribution in [3.8, 4) is 23.0 Å². The van der Waals surface area contributed by atoms with E-state index in [2.05, 4.69) is 11.5 Å². The van der Waals surface area contributed by atoms with Crippen LogP contribution in [0.2, 0.25) is 0 Å². The number of aliphatic hydroxyl groups is 1. The molecule has 0 atom stereocenters. The van der Waals surface area contributed by atoms with Gasteiger partial charge in [-0.1, -0.05) is 24.3 Å². The smallest absolute Gasteiger partial charge is 0.182 e. The molecule has 0 amide bonds. The summed E-state index contributed by atoms with van der Waals surface area (Å²) in [5, 5.41) is 10.1. The molecule has 2 aromatic rings. The first-order chi connectivity index (χ1) is 16.0. The maximum Gasteiger partial charge on any atom is 0.182 e.